The van der Waals surface area contributed by atoms with E-state index in [4.69, 9.17) is 0 Å². The Morgan fingerprint density at radius 2 is 2.24 bits per heavy atom. The summed E-state index contributed by atoms with van der Waals surface area (Å²) in [6.45, 7) is 6.52. The summed E-state index contributed by atoms with van der Waals surface area (Å²) in [5, 5.41) is 19.3. The highest BCUT2D eigenvalue weighted by atomic mass is 32.1. The number of carbonyl (C=O) groups excluding carboxylic acids is 1. The Labute approximate surface area is 106 Å². The highest BCUT2D eigenvalue weighted by Gasteiger charge is 2.13. The van der Waals surface area contributed by atoms with Crippen LogP contribution in [0.3, 0.4) is 0 Å². The van der Waals surface area contributed by atoms with E-state index in [-0.39, 0.29) is 24.5 Å². The minimum Gasteiger partial charge on any atom is -0.387 e. The Morgan fingerprint density at radius 1 is 1.53 bits per heavy atom. The van der Waals surface area contributed by atoms with Gasteiger partial charge in [-0.3, -0.25) is 4.79 Å². The van der Waals surface area contributed by atoms with Crippen LogP contribution in [0.15, 0.2) is 16.8 Å². The monoisotopic (exact) mass is 256 g/mol. The van der Waals surface area contributed by atoms with Gasteiger partial charge in [0.2, 0.25) is 5.91 Å². The number of amides is 1. The molecule has 0 spiro atoms. The Morgan fingerprint density at radius 3 is 2.76 bits per heavy atom. The van der Waals surface area contributed by atoms with E-state index in [2.05, 4.69) is 10.6 Å². The maximum Gasteiger partial charge on any atom is 0.234 e. The van der Waals surface area contributed by atoms with Crippen molar-refractivity contribution >= 4 is 17.2 Å². The van der Waals surface area contributed by atoms with Crippen molar-refractivity contribution in [3.63, 3.8) is 0 Å². The Hall–Kier alpha value is -0.910. The molecule has 0 fully saturated rings. The molecule has 0 aliphatic carbocycles. The van der Waals surface area contributed by atoms with Crippen molar-refractivity contribution in [1.82, 2.24) is 10.6 Å². The van der Waals surface area contributed by atoms with Crippen molar-refractivity contribution < 1.29 is 9.90 Å². The van der Waals surface area contributed by atoms with Crippen LogP contribution in [-0.2, 0) is 4.79 Å². The molecule has 0 aliphatic rings. The van der Waals surface area contributed by atoms with Gasteiger partial charge in [-0.2, -0.15) is 11.3 Å². The molecule has 1 unspecified atom stereocenters. The molecule has 17 heavy (non-hydrogen) atoms. The summed E-state index contributed by atoms with van der Waals surface area (Å²) in [4.78, 5) is 11.5. The Balaban J connectivity index is 2.24. The van der Waals surface area contributed by atoms with Gasteiger partial charge < -0.3 is 15.7 Å². The van der Waals surface area contributed by atoms with E-state index in [9.17, 15) is 9.90 Å². The van der Waals surface area contributed by atoms with Gasteiger partial charge in [0, 0.05) is 12.1 Å². The smallest absolute Gasteiger partial charge is 0.234 e. The number of hydrogen-bond acceptors (Lipinski definition) is 4. The predicted octanol–water partition coefficient (Wildman–Crippen LogP) is 1.29. The molecule has 1 amide bonds. The molecule has 0 bridgehead atoms. The van der Waals surface area contributed by atoms with Crippen molar-refractivity contribution in [2.75, 3.05) is 13.1 Å². The molecule has 1 heterocycles. The minimum absolute atomic E-state index is 0.0800. The fourth-order valence-corrected chi connectivity index (χ4v) is 1.91. The molecule has 1 aromatic heterocycles. The topological polar surface area (TPSA) is 61.4 Å². The van der Waals surface area contributed by atoms with Crippen LogP contribution in [-0.4, -0.2) is 29.6 Å². The fourth-order valence-electron chi connectivity index (χ4n) is 1.20. The summed E-state index contributed by atoms with van der Waals surface area (Å²) < 4.78 is 0. The lowest BCUT2D eigenvalue weighted by Crippen LogP contribution is -2.44. The highest BCUT2D eigenvalue weighted by Crippen LogP contribution is 2.14. The van der Waals surface area contributed by atoms with Crippen LogP contribution in [0.4, 0.5) is 0 Å². The summed E-state index contributed by atoms with van der Waals surface area (Å²) in [7, 11) is 0. The molecular weight excluding hydrogens is 236 g/mol. The molecule has 0 saturated carbocycles. The standard InChI is InChI=1S/C12H20N2O2S/c1-12(2,3)14-7-11(16)13-6-10(15)9-4-5-17-8-9/h4-5,8,10,14-15H,6-7H2,1-3H3,(H,13,16). The van der Waals surface area contributed by atoms with Gasteiger partial charge >= 0.3 is 0 Å². The third kappa shape index (κ3) is 5.81. The zero-order valence-corrected chi connectivity index (χ0v) is 11.3. The summed E-state index contributed by atoms with van der Waals surface area (Å²) in [5.74, 6) is -0.103. The lowest BCUT2D eigenvalue weighted by atomic mass is 10.1. The average Bonchev–Trinajstić information content (AvgIpc) is 2.75. The van der Waals surface area contributed by atoms with Gasteiger partial charge in [0.05, 0.1) is 12.6 Å². The second-order valence-corrected chi connectivity index (χ2v) is 5.76. The molecule has 0 aliphatic heterocycles. The molecular formula is C12H20N2O2S. The Bertz CT molecular complexity index is 344. The van der Waals surface area contributed by atoms with E-state index in [0.29, 0.717) is 0 Å². The van der Waals surface area contributed by atoms with Crippen LogP contribution in [0.1, 0.15) is 32.4 Å². The number of carbonyl (C=O) groups is 1. The predicted molar refractivity (Wildman–Crippen MR) is 70.0 cm³/mol. The van der Waals surface area contributed by atoms with Crippen molar-refractivity contribution in [1.29, 1.82) is 0 Å². The minimum atomic E-state index is -0.625. The van der Waals surface area contributed by atoms with Crippen LogP contribution >= 0.6 is 11.3 Å². The zero-order valence-electron chi connectivity index (χ0n) is 10.5. The van der Waals surface area contributed by atoms with Gasteiger partial charge in [-0.25, -0.2) is 0 Å². The van der Waals surface area contributed by atoms with Crippen LogP contribution in [0, 0.1) is 0 Å². The molecule has 4 nitrogen and oxygen atoms in total. The van der Waals surface area contributed by atoms with Crippen molar-refractivity contribution in [2.24, 2.45) is 0 Å². The quantitative estimate of drug-likeness (QED) is 0.744. The van der Waals surface area contributed by atoms with Gasteiger partial charge in [0.25, 0.3) is 0 Å². The van der Waals surface area contributed by atoms with Crippen molar-refractivity contribution in [3.05, 3.63) is 22.4 Å². The molecule has 3 N–H and O–H groups in total. The fraction of sp³-hybridized carbons (Fsp3) is 0.583. The first-order chi connectivity index (χ1) is 7.88. The third-order valence-electron chi connectivity index (χ3n) is 2.20. The maximum atomic E-state index is 11.5. The SMILES string of the molecule is CC(C)(C)NCC(=O)NCC(O)c1ccsc1. The number of hydrogen-bond donors (Lipinski definition) is 3. The van der Waals surface area contributed by atoms with Gasteiger partial charge in [0.1, 0.15) is 0 Å². The maximum absolute atomic E-state index is 11.5. The largest absolute Gasteiger partial charge is 0.387 e. The number of nitrogens with one attached hydrogen (secondary N) is 2. The Kier molecular flexibility index (Phi) is 5.11. The lowest BCUT2D eigenvalue weighted by Gasteiger charge is -2.20. The average molecular weight is 256 g/mol. The van der Waals surface area contributed by atoms with Crippen LogP contribution in [0.25, 0.3) is 0 Å². The summed E-state index contributed by atoms with van der Waals surface area (Å²) in [6, 6.07) is 1.86. The molecule has 0 saturated heterocycles. The molecule has 0 aromatic carbocycles. The van der Waals surface area contributed by atoms with Crippen molar-refractivity contribution in [2.45, 2.75) is 32.4 Å². The molecule has 96 valence electrons. The number of rotatable bonds is 5. The van der Waals surface area contributed by atoms with E-state index >= 15 is 0 Å². The second kappa shape index (κ2) is 6.14. The summed E-state index contributed by atoms with van der Waals surface area (Å²) >= 11 is 1.53. The van der Waals surface area contributed by atoms with Crippen LogP contribution < -0.4 is 10.6 Å². The molecule has 1 rings (SSSR count). The van der Waals surface area contributed by atoms with Gasteiger partial charge in [-0.15, -0.1) is 0 Å². The van der Waals surface area contributed by atoms with E-state index in [1.165, 1.54) is 11.3 Å². The molecule has 0 radical (unpaired) electrons. The van der Waals surface area contributed by atoms with Gasteiger partial charge in [-0.1, -0.05) is 0 Å². The first-order valence-electron chi connectivity index (χ1n) is 5.60. The van der Waals surface area contributed by atoms with Crippen LogP contribution in [0.2, 0.25) is 0 Å². The number of aliphatic hydroxyl groups excluding tert-OH is 1. The molecule has 5 heteroatoms. The van der Waals surface area contributed by atoms with Crippen molar-refractivity contribution in [3.8, 4) is 0 Å². The van der Waals surface area contributed by atoms with E-state index in [1.807, 2.05) is 37.6 Å². The zero-order chi connectivity index (χ0) is 12.9. The molecule has 1 aromatic rings. The number of thiophene rings is 1. The van der Waals surface area contributed by atoms with E-state index < -0.39 is 6.10 Å². The van der Waals surface area contributed by atoms with Gasteiger partial charge in [-0.05, 0) is 43.2 Å². The highest BCUT2D eigenvalue weighted by molar-refractivity contribution is 7.07. The number of aliphatic hydroxyl groups is 1. The van der Waals surface area contributed by atoms with Crippen LogP contribution in [0.5, 0.6) is 0 Å². The third-order valence-corrected chi connectivity index (χ3v) is 2.90. The lowest BCUT2D eigenvalue weighted by molar-refractivity contribution is -0.121. The van der Waals surface area contributed by atoms with Gasteiger partial charge in [0.15, 0.2) is 0 Å². The van der Waals surface area contributed by atoms with E-state index in [0.717, 1.165) is 5.56 Å². The molecule has 1 atom stereocenters. The normalized spacial score (nSPS) is 13.4. The summed E-state index contributed by atoms with van der Waals surface area (Å²) in [6.07, 6.45) is -0.625. The first-order valence-corrected chi connectivity index (χ1v) is 6.54. The summed E-state index contributed by atoms with van der Waals surface area (Å²) in [5.41, 5.74) is 0.766. The van der Waals surface area contributed by atoms with E-state index in [1.54, 1.807) is 0 Å². The second-order valence-electron chi connectivity index (χ2n) is 4.98. The first kappa shape index (κ1) is 14.2.